The van der Waals surface area contributed by atoms with E-state index in [9.17, 15) is 0 Å². The minimum atomic E-state index is -0.250. The number of hydrogen-bond donors (Lipinski definition) is 2. The quantitative estimate of drug-likeness (QED) is 0.548. The second-order valence-corrected chi connectivity index (χ2v) is 2.78. The van der Waals surface area contributed by atoms with Crippen molar-refractivity contribution in [2.75, 3.05) is 0 Å². The zero-order valence-electron chi connectivity index (χ0n) is 5.74. The van der Waals surface area contributed by atoms with E-state index in [4.69, 9.17) is 26.6 Å². The molecule has 1 heterocycles. The Morgan fingerprint density at radius 1 is 1.67 bits per heavy atom. The number of aromatic hydroxyl groups is 1. The molecule has 0 aliphatic carbocycles. The van der Waals surface area contributed by atoms with Crippen LogP contribution in [0.2, 0.25) is 5.15 Å². The third-order valence-corrected chi connectivity index (χ3v) is 1.92. The lowest BCUT2D eigenvalue weighted by molar-refractivity contribution is -0.122. The average Bonchev–Trinajstić information content (AvgIpc) is 1.99. The molecule has 0 aliphatic rings. The first-order valence-corrected chi connectivity index (χ1v) is 3.86. The molecule has 0 aromatic carbocycles. The van der Waals surface area contributed by atoms with Crippen LogP contribution in [0.1, 0.15) is 0 Å². The van der Waals surface area contributed by atoms with Crippen molar-refractivity contribution in [1.82, 2.24) is 4.98 Å². The van der Waals surface area contributed by atoms with Gasteiger partial charge < -0.3 is 10.2 Å². The molecule has 0 unspecified atom stereocenters. The van der Waals surface area contributed by atoms with Crippen molar-refractivity contribution in [3.05, 3.63) is 21.9 Å². The number of pyridine rings is 1. The maximum Gasteiger partial charge on any atom is 0.290 e. The Labute approximate surface area is 81.9 Å². The molecule has 0 fully saturated rings. The molecule has 1 aromatic rings. The molecule has 0 bridgehead atoms. The first-order chi connectivity index (χ1) is 5.61. The van der Waals surface area contributed by atoms with Crippen molar-refractivity contribution in [3.8, 4) is 5.75 Å². The van der Waals surface area contributed by atoms with E-state index in [1.54, 1.807) is 0 Å². The van der Waals surface area contributed by atoms with Crippen molar-refractivity contribution < 1.29 is 15.0 Å². The summed E-state index contributed by atoms with van der Waals surface area (Å²) in [5, 5.41) is 16.0. The van der Waals surface area contributed by atoms with Crippen molar-refractivity contribution in [2.24, 2.45) is 0 Å². The van der Waals surface area contributed by atoms with Crippen LogP contribution in [-0.4, -0.2) is 21.7 Å². The van der Waals surface area contributed by atoms with E-state index in [1.807, 2.05) is 0 Å². The van der Waals surface area contributed by atoms with Crippen LogP contribution in [0.5, 0.6) is 5.75 Å². The Balaban J connectivity index is 0.000000354. The molecule has 6 heteroatoms. The van der Waals surface area contributed by atoms with Gasteiger partial charge in [-0.3, -0.25) is 4.79 Å². The number of halogens is 2. The van der Waals surface area contributed by atoms with Crippen LogP contribution in [0.25, 0.3) is 0 Å². The van der Waals surface area contributed by atoms with E-state index >= 15 is 0 Å². The summed E-state index contributed by atoms with van der Waals surface area (Å²) in [4.78, 5) is 12.0. The zero-order chi connectivity index (χ0) is 9.56. The van der Waals surface area contributed by atoms with Gasteiger partial charge in [0.25, 0.3) is 6.47 Å². The van der Waals surface area contributed by atoms with Crippen LogP contribution in [0, 0.1) is 0 Å². The van der Waals surface area contributed by atoms with Gasteiger partial charge in [-0.05, 0) is 22.0 Å². The minimum absolute atomic E-state index is 0.103. The predicted octanol–water partition coefficient (Wildman–Crippen LogP) is 1.90. The van der Waals surface area contributed by atoms with Crippen molar-refractivity contribution >= 4 is 34.0 Å². The van der Waals surface area contributed by atoms with Gasteiger partial charge in [-0.1, -0.05) is 11.6 Å². The minimum Gasteiger partial charge on any atom is -0.506 e. The molecule has 1 aromatic heterocycles. The average molecular weight is 254 g/mol. The molecule has 4 nitrogen and oxygen atoms in total. The number of carboxylic acid groups (broad SMARTS) is 1. The Bertz CT molecular complexity index is 269. The summed E-state index contributed by atoms with van der Waals surface area (Å²) >= 11 is 8.60. The Morgan fingerprint density at radius 2 is 2.17 bits per heavy atom. The number of nitrogens with zero attached hydrogens (tertiary/aromatic N) is 1. The zero-order valence-corrected chi connectivity index (χ0v) is 8.08. The highest BCUT2D eigenvalue weighted by Gasteiger charge is 1.96. The van der Waals surface area contributed by atoms with Crippen LogP contribution in [0.3, 0.4) is 0 Å². The Hall–Kier alpha value is -0.810. The van der Waals surface area contributed by atoms with Gasteiger partial charge in [0, 0.05) is 0 Å². The maximum absolute atomic E-state index is 8.79. The van der Waals surface area contributed by atoms with E-state index in [1.165, 1.54) is 12.3 Å². The predicted molar refractivity (Wildman–Crippen MR) is 47.3 cm³/mol. The van der Waals surface area contributed by atoms with E-state index in [2.05, 4.69) is 20.9 Å². The fourth-order valence-electron chi connectivity index (χ4n) is 0.411. The largest absolute Gasteiger partial charge is 0.506 e. The second kappa shape index (κ2) is 5.79. The molecule has 0 spiro atoms. The molecular weight excluding hydrogens is 249 g/mol. The Morgan fingerprint density at radius 3 is 2.50 bits per heavy atom. The molecule has 0 atom stereocenters. The first kappa shape index (κ1) is 11.2. The molecule has 12 heavy (non-hydrogen) atoms. The molecule has 0 saturated carbocycles. The van der Waals surface area contributed by atoms with Gasteiger partial charge in [0.1, 0.15) is 10.9 Å². The Kier molecular flexibility index (Phi) is 5.40. The topological polar surface area (TPSA) is 70.4 Å². The number of hydrogen-bond acceptors (Lipinski definition) is 3. The van der Waals surface area contributed by atoms with Crippen molar-refractivity contribution in [1.29, 1.82) is 0 Å². The van der Waals surface area contributed by atoms with Gasteiger partial charge >= 0.3 is 0 Å². The standard InChI is InChI=1S/C5H3BrClNO.CH2O2/c6-4-1-3(9)2-8-5(4)7;2-1-3/h1-2,9H;1H,(H,2,3). The second-order valence-electron chi connectivity index (χ2n) is 1.57. The molecular formula is C6H5BrClNO3. The van der Waals surface area contributed by atoms with Crippen molar-refractivity contribution in [3.63, 3.8) is 0 Å². The summed E-state index contributed by atoms with van der Waals surface area (Å²) in [6, 6.07) is 1.48. The highest BCUT2D eigenvalue weighted by atomic mass is 79.9. The molecule has 0 aliphatic heterocycles. The van der Waals surface area contributed by atoms with E-state index in [0.29, 0.717) is 9.63 Å². The molecule has 0 saturated heterocycles. The smallest absolute Gasteiger partial charge is 0.290 e. The summed E-state index contributed by atoms with van der Waals surface area (Å²) in [6.07, 6.45) is 1.28. The summed E-state index contributed by atoms with van der Waals surface area (Å²) in [5.41, 5.74) is 0. The lowest BCUT2D eigenvalue weighted by Gasteiger charge is -1.92. The molecule has 1 rings (SSSR count). The van der Waals surface area contributed by atoms with Gasteiger partial charge in [-0.25, -0.2) is 4.98 Å². The summed E-state index contributed by atoms with van der Waals surface area (Å²) in [6.45, 7) is -0.250. The van der Waals surface area contributed by atoms with Crippen LogP contribution in [0.15, 0.2) is 16.7 Å². The number of rotatable bonds is 0. The van der Waals surface area contributed by atoms with E-state index < -0.39 is 0 Å². The third-order valence-electron chi connectivity index (χ3n) is 0.782. The molecule has 66 valence electrons. The molecule has 0 radical (unpaired) electrons. The highest BCUT2D eigenvalue weighted by molar-refractivity contribution is 9.10. The first-order valence-electron chi connectivity index (χ1n) is 2.69. The van der Waals surface area contributed by atoms with Gasteiger partial charge in [0.15, 0.2) is 0 Å². The van der Waals surface area contributed by atoms with Crippen LogP contribution >= 0.6 is 27.5 Å². The van der Waals surface area contributed by atoms with Crippen LogP contribution in [0.4, 0.5) is 0 Å². The normalized spacial score (nSPS) is 8.17. The fourth-order valence-corrected chi connectivity index (χ4v) is 0.851. The van der Waals surface area contributed by atoms with E-state index in [-0.39, 0.29) is 12.2 Å². The van der Waals surface area contributed by atoms with Gasteiger partial charge in [0.05, 0.1) is 10.7 Å². The van der Waals surface area contributed by atoms with Gasteiger partial charge in [0.2, 0.25) is 0 Å². The summed E-state index contributed by atoms with van der Waals surface area (Å²) < 4.78 is 0.601. The lowest BCUT2D eigenvalue weighted by Crippen LogP contribution is -1.74. The summed E-state index contributed by atoms with van der Waals surface area (Å²) in [7, 11) is 0. The van der Waals surface area contributed by atoms with Crippen LogP contribution < -0.4 is 0 Å². The monoisotopic (exact) mass is 253 g/mol. The molecule has 2 N–H and O–H groups in total. The SMILES string of the molecule is O=CO.Oc1cnc(Cl)c(Br)c1. The number of carbonyl (C=O) groups is 1. The van der Waals surface area contributed by atoms with Crippen molar-refractivity contribution in [2.45, 2.75) is 0 Å². The van der Waals surface area contributed by atoms with Gasteiger partial charge in [-0.15, -0.1) is 0 Å². The third kappa shape index (κ3) is 4.15. The highest BCUT2D eigenvalue weighted by Crippen LogP contribution is 2.22. The summed E-state index contributed by atoms with van der Waals surface area (Å²) in [5.74, 6) is 0.103. The lowest BCUT2D eigenvalue weighted by atomic mass is 10.5. The van der Waals surface area contributed by atoms with Gasteiger partial charge in [-0.2, -0.15) is 0 Å². The number of aromatic nitrogens is 1. The maximum atomic E-state index is 8.79. The fraction of sp³-hybridized carbons (Fsp3) is 0. The van der Waals surface area contributed by atoms with Crippen LogP contribution in [-0.2, 0) is 4.79 Å². The molecule has 0 amide bonds. The van der Waals surface area contributed by atoms with E-state index in [0.717, 1.165) is 0 Å².